The van der Waals surface area contributed by atoms with Gasteiger partial charge in [0.25, 0.3) is 5.56 Å². The molecule has 4 aromatic rings. The van der Waals surface area contributed by atoms with Gasteiger partial charge in [0.05, 0.1) is 33.6 Å². The minimum Gasteiger partial charge on any atom is -0.371 e. The van der Waals surface area contributed by atoms with Gasteiger partial charge in [-0.1, -0.05) is 49.1 Å². The van der Waals surface area contributed by atoms with Crippen LogP contribution in [0.25, 0.3) is 16.6 Å². The molecule has 292 valence electrons. The Labute approximate surface area is 329 Å². The summed E-state index contributed by atoms with van der Waals surface area (Å²) < 4.78 is 39.1. The largest absolute Gasteiger partial charge is 0.371 e. The minimum absolute atomic E-state index is 0.0988. The summed E-state index contributed by atoms with van der Waals surface area (Å²) in [6, 6.07) is 15.2. The molecule has 0 radical (unpaired) electrons. The lowest BCUT2D eigenvalue weighted by molar-refractivity contribution is -0.129. The zero-order valence-electron chi connectivity index (χ0n) is 31.5. The topological polar surface area (TPSA) is 88.0 Å². The van der Waals surface area contributed by atoms with Crippen molar-refractivity contribution in [3.8, 4) is 5.69 Å². The van der Waals surface area contributed by atoms with Gasteiger partial charge >= 0.3 is 0 Å². The Balaban J connectivity index is 0.772. The fourth-order valence-electron chi connectivity index (χ4n) is 10.9. The summed E-state index contributed by atoms with van der Waals surface area (Å²) in [6.45, 7) is 4.79. The van der Waals surface area contributed by atoms with E-state index < -0.39 is 29.1 Å². The van der Waals surface area contributed by atoms with Gasteiger partial charge in [0, 0.05) is 38.2 Å². The Bertz CT molecular complexity index is 2280. The summed E-state index contributed by atoms with van der Waals surface area (Å²) in [5.41, 5.74) is 3.67. The van der Waals surface area contributed by atoms with E-state index in [0.717, 1.165) is 88.0 Å². The van der Waals surface area contributed by atoms with Crippen LogP contribution < -0.4 is 15.4 Å². The molecule has 6 heterocycles. The number of ether oxygens (including phenoxy) is 1. The fraction of sp³-hybridized carbons (Fsp3) is 0.500. The van der Waals surface area contributed by atoms with Crippen LogP contribution in [-0.2, 0) is 19.7 Å². The number of hydrogen-bond donors (Lipinski definition) is 0. The quantitative estimate of drug-likeness (QED) is 0.191. The number of nitrogens with zero attached hydrogens (tertiary/aromatic N) is 5. The van der Waals surface area contributed by atoms with Crippen molar-refractivity contribution in [2.75, 3.05) is 49.1 Å². The zero-order valence-corrected chi connectivity index (χ0v) is 32.3. The summed E-state index contributed by atoms with van der Waals surface area (Å²) in [5.74, 6) is -1.18. The van der Waals surface area contributed by atoms with Gasteiger partial charge in [0.2, 0.25) is 11.8 Å². The first-order chi connectivity index (χ1) is 27.1. The molecule has 0 N–H and O–H groups in total. The van der Waals surface area contributed by atoms with Gasteiger partial charge < -0.3 is 14.5 Å². The first-order valence-electron chi connectivity index (χ1n) is 20.5. The Morgan fingerprint density at radius 2 is 1.59 bits per heavy atom. The maximum Gasteiger partial charge on any atom is 0.282 e. The molecule has 2 amide bonds. The second kappa shape index (κ2) is 13.7. The number of piperidine rings is 2. The molecule has 56 heavy (non-hydrogen) atoms. The molecule has 12 heteroatoms. The van der Waals surface area contributed by atoms with Crippen molar-refractivity contribution in [3.05, 3.63) is 92.5 Å². The third kappa shape index (κ3) is 5.82. The number of aromatic nitrogens is 2. The number of benzene rings is 3. The molecule has 6 aliphatic rings. The minimum atomic E-state index is -0.902. The van der Waals surface area contributed by atoms with Gasteiger partial charge in [0.15, 0.2) is 11.6 Å². The van der Waals surface area contributed by atoms with E-state index in [1.54, 1.807) is 6.07 Å². The maximum atomic E-state index is 15.2. The third-order valence-corrected chi connectivity index (χ3v) is 14.1. The Morgan fingerprint density at radius 1 is 0.857 bits per heavy atom. The molecule has 5 aliphatic heterocycles. The van der Waals surface area contributed by atoms with E-state index in [4.69, 9.17) is 21.3 Å². The molecular formula is C44H46ClF2N5O4. The van der Waals surface area contributed by atoms with Crippen LogP contribution in [0.4, 0.5) is 20.2 Å². The highest BCUT2D eigenvalue weighted by Gasteiger charge is 2.49. The van der Waals surface area contributed by atoms with Gasteiger partial charge in [0.1, 0.15) is 17.1 Å². The lowest BCUT2D eigenvalue weighted by Crippen LogP contribution is -2.65. The molecule has 5 fully saturated rings. The summed E-state index contributed by atoms with van der Waals surface area (Å²) in [6.07, 6.45) is 10.1. The average molecular weight is 782 g/mol. The van der Waals surface area contributed by atoms with Crippen LogP contribution in [-0.4, -0.2) is 71.2 Å². The van der Waals surface area contributed by atoms with Gasteiger partial charge in [-0.3, -0.25) is 19.0 Å². The Hall–Kier alpha value is -4.19. The van der Waals surface area contributed by atoms with Crippen molar-refractivity contribution in [3.63, 3.8) is 0 Å². The summed E-state index contributed by atoms with van der Waals surface area (Å²) in [5, 5.41) is 0.937. The molecule has 10 rings (SSSR count). The second-order valence-corrected chi connectivity index (χ2v) is 17.6. The fourth-order valence-corrected chi connectivity index (χ4v) is 11.1. The number of imide groups is 1. The summed E-state index contributed by atoms with van der Waals surface area (Å²) >= 11 is 6.59. The Morgan fingerprint density at radius 3 is 2.29 bits per heavy atom. The van der Waals surface area contributed by atoms with Crippen LogP contribution in [0.15, 0.2) is 53.3 Å². The molecule has 1 atom stereocenters. The van der Waals surface area contributed by atoms with E-state index >= 15 is 8.78 Å². The first kappa shape index (κ1) is 36.2. The number of carbonyl (C=O) groups is 2. The number of halogens is 3. The normalized spacial score (nSPS) is 23.5. The van der Waals surface area contributed by atoms with Crippen LogP contribution in [0.3, 0.4) is 0 Å². The highest BCUT2D eigenvalue weighted by Crippen LogP contribution is 2.52. The standard InChI is InChI=1S/C44H46ClF2N5O4/c45-32-6-4-7-35-39(32)41(55)48-42-44(15-2-1-3-16-44)31-11-10-29(20-36(31)51(35)42)28-13-18-49(19-14-28)23-27-12-17-43(56-24-27)25-50(26-43)30-21-33(46)40(34(47)22-30)52-37(53)8-5-9-38(52)54/h4,6-7,10-11,20-22,27-28H,1-3,5,8-9,12-19,23-26H2. The van der Waals surface area contributed by atoms with Crippen LogP contribution in [0.2, 0.25) is 5.02 Å². The van der Waals surface area contributed by atoms with E-state index in [9.17, 15) is 14.4 Å². The first-order valence-corrected chi connectivity index (χ1v) is 20.8. The van der Waals surface area contributed by atoms with E-state index in [2.05, 4.69) is 27.7 Å². The summed E-state index contributed by atoms with van der Waals surface area (Å²) in [4.78, 5) is 47.9. The predicted molar refractivity (Wildman–Crippen MR) is 211 cm³/mol. The maximum absolute atomic E-state index is 15.2. The van der Waals surface area contributed by atoms with Crippen LogP contribution >= 0.6 is 11.6 Å². The van der Waals surface area contributed by atoms with Crippen molar-refractivity contribution < 1.29 is 23.1 Å². The number of carbonyl (C=O) groups excluding carboxylic acids is 2. The van der Waals surface area contributed by atoms with Crippen molar-refractivity contribution in [1.82, 2.24) is 14.5 Å². The number of rotatable bonds is 5. The smallest absolute Gasteiger partial charge is 0.282 e. The number of fused-ring (bicyclic) bond motifs is 7. The molecular weight excluding hydrogens is 736 g/mol. The highest BCUT2D eigenvalue weighted by molar-refractivity contribution is 6.35. The molecule has 0 bridgehead atoms. The lowest BCUT2D eigenvalue weighted by Gasteiger charge is -2.54. The average Bonchev–Trinajstić information content (AvgIpc) is 3.43. The lowest BCUT2D eigenvalue weighted by atomic mass is 9.69. The molecule has 4 saturated heterocycles. The molecule has 2 spiro atoms. The number of amides is 2. The van der Waals surface area contributed by atoms with Gasteiger partial charge in [-0.15, -0.1) is 0 Å². The third-order valence-electron chi connectivity index (χ3n) is 13.8. The number of hydrogen-bond acceptors (Lipinski definition) is 7. The number of likely N-dealkylation sites (tertiary alicyclic amines) is 1. The molecule has 9 nitrogen and oxygen atoms in total. The number of anilines is 2. The second-order valence-electron chi connectivity index (χ2n) is 17.2. The van der Waals surface area contributed by atoms with E-state index in [1.807, 2.05) is 17.0 Å². The highest BCUT2D eigenvalue weighted by atomic mass is 35.5. The molecule has 1 saturated carbocycles. The SMILES string of the molecule is O=C1CCCC(=O)N1c1c(F)cc(N2CC3(CCC(CN4CCC(c5ccc6c(c5)-n5c(nc(=O)c7c(Cl)cccc75)C65CCCCC5)CC4)CO3)C2)cc1F. The van der Waals surface area contributed by atoms with Crippen molar-refractivity contribution in [2.45, 2.75) is 94.0 Å². The van der Waals surface area contributed by atoms with Crippen LogP contribution in [0.1, 0.15) is 99.9 Å². The molecule has 1 unspecified atom stereocenters. The monoisotopic (exact) mass is 781 g/mol. The van der Waals surface area contributed by atoms with Crippen molar-refractivity contribution >= 4 is 45.7 Å². The molecule has 1 aromatic heterocycles. The van der Waals surface area contributed by atoms with Crippen LogP contribution in [0, 0.1) is 17.6 Å². The van der Waals surface area contributed by atoms with E-state index in [1.165, 1.54) is 29.7 Å². The zero-order chi connectivity index (χ0) is 38.3. The van der Waals surface area contributed by atoms with Crippen molar-refractivity contribution in [1.29, 1.82) is 0 Å². The van der Waals surface area contributed by atoms with Gasteiger partial charge in [-0.05, 0) is 111 Å². The van der Waals surface area contributed by atoms with E-state index in [-0.39, 0.29) is 29.4 Å². The van der Waals surface area contributed by atoms with Crippen molar-refractivity contribution in [2.24, 2.45) is 5.92 Å². The molecule has 1 aliphatic carbocycles. The Kier molecular flexibility index (Phi) is 8.87. The van der Waals surface area contributed by atoms with Crippen LogP contribution in [0.5, 0.6) is 0 Å². The molecule has 3 aromatic carbocycles. The van der Waals surface area contributed by atoms with Gasteiger partial charge in [-0.25, -0.2) is 13.7 Å². The predicted octanol–water partition coefficient (Wildman–Crippen LogP) is 7.79. The van der Waals surface area contributed by atoms with E-state index in [0.29, 0.717) is 58.9 Å². The summed E-state index contributed by atoms with van der Waals surface area (Å²) in [7, 11) is 0. The van der Waals surface area contributed by atoms with Gasteiger partial charge in [-0.2, -0.15) is 4.98 Å².